The van der Waals surface area contributed by atoms with Crippen LogP contribution in [0.5, 0.6) is 0 Å². The predicted molar refractivity (Wildman–Crippen MR) is 130 cm³/mol. The van der Waals surface area contributed by atoms with Crippen molar-refractivity contribution in [3.05, 3.63) is 108 Å². The summed E-state index contributed by atoms with van der Waals surface area (Å²) in [5.41, 5.74) is 3.47. The fourth-order valence-corrected chi connectivity index (χ4v) is 5.37. The molecule has 2 heterocycles. The van der Waals surface area contributed by atoms with Crippen LogP contribution in [0.25, 0.3) is 33.2 Å². The Labute approximate surface area is 201 Å². The minimum absolute atomic E-state index is 0.184. The number of benzene rings is 3. The summed E-state index contributed by atoms with van der Waals surface area (Å²) in [5.74, 6) is -1.24. The Bertz CT molecular complexity index is 1670. The molecule has 0 spiro atoms. The number of pyridine rings is 1. The quantitative estimate of drug-likeness (QED) is 0.308. The summed E-state index contributed by atoms with van der Waals surface area (Å²) in [5, 5.41) is 1.50. The average Bonchev–Trinajstić information content (AvgIpc) is 2.85. The molecule has 0 radical (unpaired) electrons. The molecule has 0 saturated carbocycles. The molecular weight excluding hydrogens is 468 g/mol. The normalized spacial score (nSPS) is 11.6. The van der Waals surface area contributed by atoms with E-state index in [1.807, 2.05) is 13.0 Å². The highest BCUT2D eigenvalue weighted by molar-refractivity contribution is 7.90. The van der Waals surface area contributed by atoms with Crippen molar-refractivity contribution in [3.8, 4) is 22.4 Å². The van der Waals surface area contributed by atoms with Gasteiger partial charge in [-0.05, 0) is 65.9 Å². The molecule has 5 rings (SSSR count). The number of fused-ring (bicyclic) bond motifs is 1. The van der Waals surface area contributed by atoms with E-state index in [9.17, 15) is 17.2 Å². The zero-order valence-electron chi connectivity index (χ0n) is 18.6. The van der Waals surface area contributed by atoms with E-state index in [1.165, 1.54) is 18.6 Å². The van der Waals surface area contributed by atoms with Crippen molar-refractivity contribution in [1.82, 2.24) is 15.0 Å². The molecule has 0 fully saturated rings. The summed E-state index contributed by atoms with van der Waals surface area (Å²) in [4.78, 5) is 12.5. The lowest BCUT2D eigenvalue weighted by Crippen LogP contribution is -2.06. The molecule has 5 nitrogen and oxygen atoms in total. The van der Waals surface area contributed by atoms with Gasteiger partial charge in [0.1, 0.15) is 18.0 Å². The van der Waals surface area contributed by atoms with Gasteiger partial charge in [0.15, 0.2) is 9.84 Å². The second-order valence-corrected chi connectivity index (χ2v) is 10.1. The van der Waals surface area contributed by atoms with Crippen LogP contribution in [0, 0.1) is 18.6 Å². The fraction of sp³-hybridized carbons (Fsp3) is 0.0741. The molecule has 3 aromatic carbocycles. The van der Waals surface area contributed by atoms with E-state index in [4.69, 9.17) is 0 Å². The zero-order chi connectivity index (χ0) is 24.6. The van der Waals surface area contributed by atoms with Crippen LogP contribution in [0.3, 0.4) is 0 Å². The maximum Gasteiger partial charge on any atom is 0.184 e. The predicted octanol–water partition coefficient (Wildman–Crippen LogP) is 5.92. The Morgan fingerprint density at radius 3 is 2.46 bits per heavy atom. The maximum atomic E-state index is 14.3. The monoisotopic (exact) mass is 487 g/mol. The van der Waals surface area contributed by atoms with Gasteiger partial charge in [0.25, 0.3) is 0 Å². The molecule has 0 saturated heterocycles. The third-order valence-corrected chi connectivity index (χ3v) is 7.45. The summed E-state index contributed by atoms with van der Waals surface area (Å²) in [6.07, 6.45) is 4.45. The summed E-state index contributed by atoms with van der Waals surface area (Å²) in [6.45, 7) is 1.87. The van der Waals surface area contributed by atoms with Gasteiger partial charge in [-0.25, -0.2) is 27.2 Å². The second kappa shape index (κ2) is 8.96. The largest absolute Gasteiger partial charge is 0.256 e. The van der Waals surface area contributed by atoms with Gasteiger partial charge in [0.05, 0.1) is 22.0 Å². The molecule has 0 bridgehead atoms. The first-order valence-corrected chi connectivity index (χ1v) is 12.4. The Morgan fingerprint density at radius 2 is 1.69 bits per heavy atom. The minimum Gasteiger partial charge on any atom is -0.256 e. The van der Waals surface area contributed by atoms with E-state index < -0.39 is 21.5 Å². The van der Waals surface area contributed by atoms with Gasteiger partial charge in [-0.1, -0.05) is 24.3 Å². The lowest BCUT2D eigenvalue weighted by atomic mass is 9.95. The Hall–Kier alpha value is -4.04. The number of rotatable bonds is 5. The Balaban J connectivity index is 1.54. The molecule has 0 N–H and O–H groups in total. The van der Waals surface area contributed by atoms with E-state index >= 15 is 0 Å². The first-order chi connectivity index (χ1) is 16.8. The molecule has 2 aromatic heterocycles. The van der Waals surface area contributed by atoms with Crippen LogP contribution in [0.1, 0.15) is 11.3 Å². The van der Waals surface area contributed by atoms with Crippen LogP contribution in [0.4, 0.5) is 8.78 Å². The van der Waals surface area contributed by atoms with Gasteiger partial charge >= 0.3 is 0 Å². The van der Waals surface area contributed by atoms with Crippen LogP contribution >= 0.6 is 0 Å². The molecule has 0 amide bonds. The lowest BCUT2D eigenvalue weighted by Gasteiger charge is -2.12. The summed E-state index contributed by atoms with van der Waals surface area (Å²) < 4.78 is 53.8. The summed E-state index contributed by atoms with van der Waals surface area (Å²) >= 11 is 0. The van der Waals surface area contributed by atoms with E-state index in [1.54, 1.807) is 48.7 Å². The van der Waals surface area contributed by atoms with Gasteiger partial charge in [-0.2, -0.15) is 0 Å². The molecule has 0 aliphatic carbocycles. The number of sulfone groups is 1. The number of nitrogens with zero attached hydrogens (tertiary/aromatic N) is 3. The molecule has 0 atom stereocenters. The number of hydrogen-bond donors (Lipinski definition) is 0. The summed E-state index contributed by atoms with van der Waals surface area (Å²) in [6, 6.07) is 17.0. The number of hydrogen-bond acceptors (Lipinski definition) is 5. The zero-order valence-corrected chi connectivity index (χ0v) is 19.4. The van der Waals surface area contributed by atoms with Crippen LogP contribution in [0.15, 0.2) is 90.3 Å². The third-order valence-electron chi connectivity index (χ3n) is 5.80. The van der Waals surface area contributed by atoms with Gasteiger partial charge in [-0.15, -0.1) is 0 Å². The summed E-state index contributed by atoms with van der Waals surface area (Å²) in [7, 11) is -3.61. The van der Waals surface area contributed by atoms with Crippen molar-refractivity contribution in [3.63, 3.8) is 0 Å². The van der Waals surface area contributed by atoms with Crippen LogP contribution < -0.4 is 0 Å². The smallest absolute Gasteiger partial charge is 0.184 e. The van der Waals surface area contributed by atoms with Crippen LogP contribution in [-0.4, -0.2) is 23.4 Å². The van der Waals surface area contributed by atoms with Gasteiger partial charge in [0, 0.05) is 28.9 Å². The average molecular weight is 488 g/mol. The second-order valence-electron chi connectivity index (χ2n) is 8.16. The molecule has 0 aliphatic heterocycles. The van der Waals surface area contributed by atoms with E-state index in [-0.39, 0.29) is 16.2 Å². The molecule has 8 heteroatoms. The topological polar surface area (TPSA) is 72.8 Å². The van der Waals surface area contributed by atoms with Gasteiger partial charge < -0.3 is 0 Å². The number of aryl methyl sites for hydroxylation is 1. The molecule has 174 valence electrons. The van der Waals surface area contributed by atoms with Crippen molar-refractivity contribution in [2.24, 2.45) is 0 Å². The highest BCUT2D eigenvalue weighted by atomic mass is 32.2. The molecule has 5 aromatic rings. The standard InChI is InChI=1S/C27H19F2N3O2S/c1-17-12-18(25-14-20(28)3-7-26(25)29)2-5-23(17)27-24-6-4-22(13-19(24)8-11-31-27)35(33,34)15-21-9-10-30-16-32-21/h2-14,16H,15H2,1H3. The molecule has 35 heavy (non-hydrogen) atoms. The third kappa shape index (κ3) is 4.52. The number of aromatic nitrogens is 3. The van der Waals surface area contributed by atoms with Crippen molar-refractivity contribution in [1.29, 1.82) is 0 Å². The van der Waals surface area contributed by atoms with Crippen molar-refractivity contribution < 1.29 is 17.2 Å². The maximum absolute atomic E-state index is 14.3. The van der Waals surface area contributed by atoms with Crippen LogP contribution in [-0.2, 0) is 15.6 Å². The SMILES string of the molecule is Cc1cc(-c2cc(F)ccc2F)ccc1-c1nccc2cc(S(=O)(=O)Cc3ccncn3)ccc12. The fourth-order valence-electron chi connectivity index (χ4n) is 4.06. The lowest BCUT2D eigenvalue weighted by molar-refractivity contribution is 0.594. The van der Waals surface area contributed by atoms with Gasteiger partial charge in [0.2, 0.25) is 0 Å². The van der Waals surface area contributed by atoms with E-state index in [0.717, 1.165) is 34.0 Å². The highest BCUT2D eigenvalue weighted by Crippen LogP contribution is 2.33. The van der Waals surface area contributed by atoms with E-state index in [2.05, 4.69) is 15.0 Å². The van der Waals surface area contributed by atoms with Crippen molar-refractivity contribution in [2.75, 3.05) is 0 Å². The Morgan fingerprint density at radius 1 is 0.829 bits per heavy atom. The molecule has 0 unspecified atom stereocenters. The molecule has 0 aliphatic rings. The molecular formula is C27H19F2N3O2S. The van der Waals surface area contributed by atoms with E-state index in [0.29, 0.717) is 17.0 Å². The highest BCUT2D eigenvalue weighted by Gasteiger charge is 2.18. The Kier molecular flexibility index (Phi) is 5.82. The van der Waals surface area contributed by atoms with Crippen molar-refractivity contribution in [2.45, 2.75) is 17.6 Å². The minimum atomic E-state index is -3.61. The van der Waals surface area contributed by atoms with Crippen molar-refractivity contribution >= 4 is 20.6 Å². The van der Waals surface area contributed by atoms with Crippen LogP contribution in [0.2, 0.25) is 0 Å². The first kappa shape index (κ1) is 22.7. The number of halogens is 2. The first-order valence-electron chi connectivity index (χ1n) is 10.7. The van der Waals surface area contributed by atoms with Gasteiger partial charge in [-0.3, -0.25) is 4.98 Å².